The molecule has 0 spiro atoms. The van der Waals surface area contributed by atoms with E-state index in [0.717, 1.165) is 19.5 Å². The van der Waals surface area contributed by atoms with Crippen LogP contribution in [0.3, 0.4) is 0 Å². The molecule has 19 heavy (non-hydrogen) atoms. The lowest BCUT2D eigenvalue weighted by Gasteiger charge is -2.37. The van der Waals surface area contributed by atoms with Gasteiger partial charge < -0.3 is 10.2 Å². The summed E-state index contributed by atoms with van der Waals surface area (Å²) in [5.41, 5.74) is 0. The minimum atomic E-state index is 0.134. The molecule has 1 saturated heterocycles. The van der Waals surface area contributed by atoms with Crippen LogP contribution in [0, 0.1) is 0 Å². The molecule has 0 bridgehead atoms. The normalized spacial score (nSPS) is 32.3. The number of hydrogen-bond donors (Lipinski definition) is 1. The van der Waals surface area contributed by atoms with Crippen molar-refractivity contribution in [1.29, 1.82) is 0 Å². The molecule has 4 heteroatoms. The highest BCUT2D eigenvalue weighted by Crippen LogP contribution is 2.26. The number of hydrogen-bond acceptors (Lipinski definition) is 3. The zero-order valence-electron chi connectivity index (χ0n) is 12.7. The van der Waals surface area contributed by atoms with Crippen molar-refractivity contribution >= 4 is 5.91 Å². The molecule has 0 aromatic carbocycles. The van der Waals surface area contributed by atoms with Crippen molar-refractivity contribution in [3.05, 3.63) is 0 Å². The van der Waals surface area contributed by atoms with Crippen molar-refractivity contribution < 1.29 is 4.79 Å². The molecule has 2 fully saturated rings. The minimum Gasteiger partial charge on any atom is -0.344 e. The van der Waals surface area contributed by atoms with Gasteiger partial charge in [-0.1, -0.05) is 6.92 Å². The highest BCUT2D eigenvalue weighted by Gasteiger charge is 2.36. The molecule has 1 aliphatic heterocycles. The fourth-order valence-electron chi connectivity index (χ4n) is 3.47. The van der Waals surface area contributed by atoms with E-state index in [9.17, 15) is 4.79 Å². The molecule has 1 aliphatic carbocycles. The van der Waals surface area contributed by atoms with Gasteiger partial charge in [0.2, 0.25) is 5.91 Å². The van der Waals surface area contributed by atoms with Crippen molar-refractivity contribution in [1.82, 2.24) is 15.1 Å². The monoisotopic (exact) mass is 267 g/mol. The van der Waals surface area contributed by atoms with Gasteiger partial charge in [0.1, 0.15) is 0 Å². The highest BCUT2D eigenvalue weighted by atomic mass is 16.2. The van der Waals surface area contributed by atoms with E-state index in [-0.39, 0.29) is 6.04 Å². The van der Waals surface area contributed by atoms with Crippen LogP contribution in [0.1, 0.15) is 45.4 Å². The molecule has 2 aliphatic rings. The molecule has 0 aromatic rings. The maximum absolute atomic E-state index is 12.1. The minimum absolute atomic E-state index is 0.134. The number of carbonyl (C=O) groups is 1. The van der Waals surface area contributed by atoms with Crippen LogP contribution < -0.4 is 5.32 Å². The van der Waals surface area contributed by atoms with Gasteiger partial charge in [-0.15, -0.1) is 0 Å². The fraction of sp³-hybridized carbons (Fsp3) is 0.933. The van der Waals surface area contributed by atoms with E-state index in [1.807, 2.05) is 11.9 Å². The number of carbonyl (C=O) groups excluding carboxylic acids is 1. The molecule has 1 unspecified atom stereocenters. The van der Waals surface area contributed by atoms with E-state index in [0.29, 0.717) is 18.0 Å². The second-order valence-corrected chi connectivity index (χ2v) is 6.19. The SMILES string of the molecule is CCCNC1CCC(N(C)C2CCN(C)C2=O)CC1. The predicted molar refractivity (Wildman–Crippen MR) is 78.1 cm³/mol. The molecule has 1 saturated carbocycles. The van der Waals surface area contributed by atoms with Crippen molar-refractivity contribution in [2.45, 2.75) is 63.6 Å². The van der Waals surface area contributed by atoms with Gasteiger partial charge in [0.05, 0.1) is 6.04 Å². The summed E-state index contributed by atoms with van der Waals surface area (Å²) in [6.07, 6.45) is 7.18. The second kappa shape index (κ2) is 6.71. The zero-order chi connectivity index (χ0) is 13.8. The number of nitrogens with zero attached hydrogens (tertiary/aromatic N) is 2. The first-order valence-corrected chi connectivity index (χ1v) is 7.83. The van der Waals surface area contributed by atoms with Gasteiger partial charge in [-0.2, -0.15) is 0 Å². The quantitative estimate of drug-likeness (QED) is 0.819. The van der Waals surface area contributed by atoms with Crippen LogP contribution in [0.2, 0.25) is 0 Å². The smallest absolute Gasteiger partial charge is 0.239 e. The van der Waals surface area contributed by atoms with Crippen molar-refractivity contribution in [3.63, 3.8) is 0 Å². The van der Waals surface area contributed by atoms with Crippen molar-refractivity contribution in [2.75, 3.05) is 27.2 Å². The molecule has 1 N–H and O–H groups in total. The Labute approximate surface area is 117 Å². The van der Waals surface area contributed by atoms with Crippen LogP contribution in [0.25, 0.3) is 0 Å². The number of nitrogens with one attached hydrogen (secondary N) is 1. The average molecular weight is 267 g/mol. The first-order chi connectivity index (χ1) is 9.13. The molecule has 1 heterocycles. The summed E-state index contributed by atoms with van der Waals surface area (Å²) >= 11 is 0. The van der Waals surface area contributed by atoms with Crippen LogP contribution >= 0.6 is 0 Å². The Morgan fingerprint density at radius 3 is 2.47 bits per heavy atom. The predicted octanol–water partition coefficient (Wildman–Crippen LogP) is 1.46. The Bertz CT molecular complexity index is 300. The van der Waals surface area contributed by atoms with Crippen molar-refractivity contribution in [2.24, 2.45) is 0 Å². The third kappa shape index (κ3) is 3.48. The van der Waals surface area contributed by atoms with Gasteiger partial charge >= 0.3 is 0 Å². The highest BCUT2D eigenvalue weighted by molar-refractivity contribution is 5.83. The van der Waals surface area contributed by atoms with E-state index in [1.165, 1.54) is 32.1 Å². The first-order valence-electron chi connectivity index (χ1n) is 7.83. The number of rotatable bonds is 5. The number of likely N-dealkylation sites (N-methyl/N-ethyl adjacent to an activating group) is 2. The zero-order valence-corrected chi connectivity index (χ0v) is 12.7. The van der Waals surface area contributed by atoms with E-state index in [4.69, 9.17) is 0 Å². The van der Waals surface area contributed by atoms with Crippen LogP contribution in [0.4, 0.5) is 0 Å². The largest absolute Gasteiger partial charge is 0.344 e. The molecule has 1 amide bonds. The Morgan fingerprint density at radius 2 is 1.95 bits per heavy atom. The molecule has 0 radical (unpaired) electrons. The number of likely N-dealkylation sites (tertiary alicyclic amines) is 1. The van der Waals surface area contributed by atoms with Gasteiger partial charge in [-0.25, -0.2) is 0 Å². The summed E-state index contributed by atoms with van der Waals surface area (Å²) in [5.74, 6) is 0.314. The second-order valence-electron chi connectivity index (χ2n) is 6.19. The summed E-state index contributed by atoms with van der Waals surface area (Å²) in [6.45, 7) is 4.27. The Balaban J connectivity index is 1.79. The molecule has 4 nitrogen and oxygen atoms in total. The van der Waals surface area contributed by atoms with Gasteiger partial charge in [-0.3, -0.25) is 9.69 Å². The van der Waals surface area contributed by atoms with Crippen LogP contribution in [0.15, 0.2) is 0 Å². The third-order valence-corrected chi connectivity index (χ3v) is 4.85. The standard InChI is InChI=1S/C15H29N3O/c1-4-10-16-12-5-7-13(8-6-12)18(3)14-9-11-17(2)15(14)19/h12-14,16H,4-11H2,1-3H3. The molecule has 110 valence electrons. The van der Waals surface area contributed by atoms with Crippen LogP contribution in [0.5, 0.6) is 0 Å². The maximum Gasteiger partial charge on any atom is 0.239 e. The van der Waals surface area contributed by atoms with Crippen molar-refractivity contribution in [3.8, 4) is 0 Å². The number of amides is 1. The third-order valence-electron chi connectivity index (χ3n) is 4.85. The van der Waals surface area contributed by atoms with E-state index < -0.39 is 0 Å². The summed E-state index contributed by atoms with van der Waals surface area (Å²) in [6, 6.07) is 1.43. The van der Waals surface area contributed by atoms with Gasteiger partial charge in [0.15, 0.2) is 0 Å². The Hall–Kier alpha value is -0.610. The summed E-state index contributed by atoms with van der Waals surface area (Å²) in [4.78, 5) is 16.3. The summed E-state index contributed by atoms with van der Waals surface area (Å²) in [7, 11) is 4.06. The van der Waals surface area contributed by atoms with Gasteiger partial charge in [0, 0.05) is 25.7 Å². The molecular formula is C15H29N3O. The Morgan fingerprint density at radius 1 is 1.26 bits per heavy atom. The lowest BCUT2D eigenvalue weighted by molar-refractivity contribution is -0.131. The van der Waals surface area contributed by atoms with E-state index in [1.54, 1.807) is 0 Å². The maximum atomic E-state index is 12.1. The van der Waals surface area contributed by atoms with Gasteiger partial charge in [-0.05, 0) is 52.1 Å². The van der Waals surface area contributed by atoms with E-state index >= 15 is 0 Å². The lowest BCUT2D eigenvalue weighted by atomic mass is 9.89. The molecule has 1 atom stereocenters. The molecular weight excluding hydrogens is 238 g/mol. The molecule has 2 rings (SSSR count). The topological polar surface area (TPSA) is 35.6 Å². The first kappa shape index (κ1) is 14.8. The fourth-order valence-corrected chi connectivity index (χ4v) is 3.47. The van der Waals surface area contributed by atoms with E-state index in [2.05, 4.69) is 24.2 Å². The lowest BCUT2D eigenvalue weighted by Crippen LogP contribution is -2.47. The Kier molecular flexibility index (Phi) is 5.22. The molecule has 0 aromatic heterocycles. The van der Waals surface area contributed by atoms with Crippen LogP contribution in [-0.2, 0) is 4.79 Å². The van der Waals surface area contributed by atoms with Gasteiger partial charge in [0.25, 0.3) is 0 Å². The van der Waals surface area contributed by atoms with Crippen LogP contribution in [-0.4, -0.2) is 61.0 Å². The average Bonchev–Trinajstić information content (AvgIpc) is 2.76. The summed E-state index contributed by atoms with van der Waals surface area (Å²) in [5, 5.41) is 3.62. The summed E-state index contributed by atoms with van der Waals surface area (Å²) < 4.78 is 0.